The Morgan fingerprint density at radius 1 is 0.978 bits per heavy atom. The van der Waals surface area contributed by atoms with Crippen molar-refractivity contribution in [3.63, 3.8) is 0 Å². The van der Waals surface area contributed by atoms with Gasteiger partial charge in [-0.25, -0.2) is 14.1 Å². The van der Waals surface area contributed by atoms with Crippen LogP contribution in [0, 0.1) is 23.1 Å². The number of likely N-dealkylation sites (tertiary alicyclic amines) is 1. The number of benzene rings is 2. The van der Waals surface area contributed by atoms with E-state index in [1.165, 1.54) is 36.7 Å². The van der Waals surface area contributed by atoms with E-state index < -0.39 is 17.8 Å². The minimum Gasteiger partial charge on any atom is -0.373 e. The number of pyridine rings is 2. The second kappa shape index (κ2) is 12.8. The second-order valence-corrected chi connectivity index (χ2v) is 13.1. The van der Waals surface area contributed by atoms with Crippen molar-refractivity contribution in [3.8, 4) is 6.07 Å². The molecular weight excluding hydrogens is 631 g/mol. The van der Waals surface area contributed by atoms with E-state index in [-0.39, 0.29) is 22.2 Å². The van der Waals surface area contributed by atoms with Gasteiger partial charge in [0.15, 0.2) is 0 Å². The molecule has 1 aliphatic heterocycles. The summed E-state index contributed by atoms with van der Waals surface area (Å²) in [4.78, 5) is 10.8. The Morgan fingerprint density at radius 2 is 1.74 bits per heavy atom. The normalized spacial score (nSPS) is 15.1. The van der Waals surface area contributed by atoms with Crippen LogP contribution in [0.25, 0.3) is 10.9 Å². The molecule has 9 nitrogen and oxygen atoms in total. The number of nitriles is 1. The van der Waals surface area contributed by atoms with Crippen LogP contribution < -0.4 is 10.6 Å². The number of fused-ring (bicyclic) bond motifs is 1. The van der Waals surface area contributed by atoms with E-state index >= 15 is 0 Å². The predicted octanol–water partition coefficient (Wildman–Crippen LogP) is 8.06. The number of hydrogen-bond donors (Lipinski definition) is 2. The van der Waals surface area contributed by atoms with E-state index in [0.717, 1.165) is 25.9 Å². The van der Waals surface area contributed by atoms with Gasteiger partial charge in [0, 0.05) is 47.8 Å². The van der Waals surface area contributed by atoms with Gasteiger partial charge in [0.25, 0.3) is 0 Å². The first-order valence-electron chi connectivity index (χ1n) is 14.8. The third kappa shape index (κ3) is 6.60. The van der Waals surface area contributed by atoms with Gasteiger partial charge in [-0.05, 0) is 75.6 Å². The number of hydrogen-bond acceptors (Lipinski definition) is 8. The Labute approximate surface area is 275 Å². The molecule has 13 heteroatoms. The number of aromatic nitrogens is 5. The Balaban J connectivity index is 1.36. The lowest BCUT2D eigenvalue weighted by Gasteiger charge is -2.40. The fourth-order valence-corrected chi connectivity index (χ4v) is 6.18. The molecule has 0 radical (unpaired) electrons. The van der Waals surface area contributed by atoms with Crippen molar-refractivity contribution < 1.29 is 8.78 Å². The lowest BCUT2D eigenvalue weighted by molar-refractivity contribution is 0.0866. The highest BCUT2D eigenvalue weighted by Gasteiger charge is 2.29. The summed E-state index contributed by atoms with van der Waals surface area (Å²) in [5, 5.41) is 26.4. The van der Waals surface area contributed by atoms with Crippen molar-refractivity contribution in [1.82, 2.24) is 29.9 Å². The average molecular weight is 663 g/mol. The Hall–Kier alpha value is -4.37. The van der Waals surface area contributed by atoms with Crippen LogP contribution in [-0.4, -0.2) is 48.5 Å². The van der Waals surface area contributed by atoms with E-state index in [0.29, 0.717) is 44.2 Å². The lowest BCUT2D eigenvalue weighted by Crippen LogP contribution is -2.46. The maximum absolute atomic E-state index is 13.9. The topological polar surface area (TPSA) is 108 Å². The van der Waals surface area contributed by atoms with Crippen LogP contribution in [0.15, 0.2) is 61.1 Å². The van der Waals surface area contributed by atoms with Gasteiger partial charge in [-0.2, -0.15) is 9.65 Å². The monoisotopic (exact) mass is 661 g/mol. The van der Waals surface area contributed by atoms with E-state index in [9.17, 15) is 14.0 Å². The second-order valence-electron chi connectivity index (χ2n) is 12.3. The van der Waals surface area contributed by atoms with Crippen molar-refractivity contribution in [2.45, 2.75) is 51.2 Å². The van der Waals surface area contributed by atoms with Gasteiger partial charge >= 0.3 is 0 Å². The molecule has 0 spiro atoms. The van der Waals surface area contributed by atoms with E-state index in [1.807, 2.05) is 10.9 Å². The number of nitrogens with zero attached hydrogens (tertiary/aromatic N) is 7. The quantitative estimate of drug-likeness (QED) is 0.169. The molecule has 5 aromatic rings. The molecule has 236 valence electrons. The van der Waals surface area contributed by atoms with E-state index in [4.69, 9.17) is 23.2 Å². The molecule has 0 bridgehead atoms. The van der Waals surface area contributed by atoms with Crippen LogP contribution in [0.4, 0.5) is 25.8 Å². The zero-order valence-corrected chi connectivity index (χ0v) is 26.9. The molecule has 2 aromatic carbocycles. The summed E-state index contributed by atoms with van der Waals surface area (Å²) in [5.41, 5.74) is 3.57. The summed E-state index contributed by atoms with van der Waals surface area (Å²) in [6, 6.07) is 12.4. The van der Waals surface area contributed by atoms with Crippen molar-refractivity contribution in [3.05, 3.63) is 99.7 Å². The van der Waals surface area contributed by atoms with Gasteiger partial charge < -0.3 is 10.6 Å². The summed E-state index contributed by atoms with van der Waals surface area (Å²) in [7, 11) is 0. The molecule has 0 unspecified atom stereocenters. The van der Waals surface area contributed by atoms with Gasteiger partial charge in [-0.3, -0.25) is 9.88 Å². The molecule has 0 aliphatic carbocycles. The number of rotatable bonds is 7. The lowest BCUT2D eigenvalue weighted by atomic mass is 9.98. The molecule has 1 saturated heterocycles. The molecule has 0 amide bonds. The summed E-state index contributed by atoms with van der Waals surface area (Å²) < 4.78 is 29.6. The summed E-state index contributed by atoms with van der Waals surface area (Å²) in [6.07, 6.45) is 6.69. The summed E-state index contributed by atoms with van der Waals surface area (Å²) >= 11 is 12.8. The molecule has 1 aliphatic rings. The number of halogens is 4. The Morgan fingerprint density at radius 3 is 2.41 bits per heavy atom. The molecule has 1 atom stereocenters. The van der Waals surface area contributed by atoms with Crippen molar-refractivity contribution in [2.24, 2.45) is 0 Å². The van der Waals surface area contributed by atoms with Crippen LogP contribution in [0.1, 0.15) is 62.5 Å². The summed E-state index contributed by atoms with van der Waals surface area (Å²) in [5.74, 6) is -1.16. The number of anilines is 3. The van der Waals surface area contributed by atoms with E-state index in [2.05, 4.69) is 62.7 Å². The maximum atomic E-state index is 13.9. The van der Waals surface area contributed by atoms with Crippen LogP contribution >= 0.6 is 23.2 Å². The van der Waals surface area contributed by atoms with Crippen molar-refractivity contribution in [2.75, 3.05) is 23.7 Å². The number of nitrogens with one attached hydrogen (secondary N) is 2. The Kier molecular flexibility index (Phi) is 8.79. The first-order chi connectivity index (χ1) is 22.0. The average Bonchev–Trinajstić information content (AvgIpc) is 3.52. The molecule has 2 N–H and O–H groups in total. The Bertz CT molecular complexity index is 1930. The minimum atomic E-state index is -0.600. The fourth-order valence-electron chi connectivity index (χ4n) is 5.74. The summed E-state index contributed by atoms with van der Waals surface area (Å²) in [6.45, 7) is 8.59. The SMILES string of the molecule is CC(C)(C)N1CCC(n2cc([C@@H](Nc3cc(Cl)c4ncc(C#N)c(Nc5ccc(F)c(Cl)c5)c4c3)c3ccc(F)nc3)nn2)CC1. The predicted molar refractivity (Wildman–Crippen MR) is 175 cm³/mol. The van der Waals surface area contributed by atoms with E-state index in [1.54, 1.807) is 18.2 Å². The third-order valence-electron chi connectivity index (χ3n) is 8.24. The smallest absolute Gasteiger partial charge is 0.212 e. The standard InChI is InChI=1S/C33H31Cl2F2N9/c1-33(2,3)45-10-8-23(9-11-45)46-18-28(43-44-46)31(19-4-7-29(37)39-16-19)42-22-12-24-30(41-21-5-6-27(36)25(34)13-21)20(15-38)17-40-32(24)26(35)14-22/h4-7,12-14,16-18,23,31,42H,8-11H2,1-3H3,(H,40,41)/t31-/m0/s1. The van der Waals surface area contributed by atoms with Crippen LogP contribution in [0.3, 0.4) is 0 Å². The zero-order chi connectivity index (χ0) is 32.6. The highest BCUT2D eigenvalue weighted by atomic mass is 35.5. The van der Waals surface area contributed by atoms with Gasteiger partial charge in [0.2, 0.25) is 5.95 Å². The maximum Gasteiger partial charge on any atom is 0.212 e. The number of piperidine rings is 1. The highest BCUT2D eigenvalue weighted by Crippen LogP contribution is 2.37. The molecule has 0 saturated carbocycles. The molecule has 46 heavy (non-hydrogen) atoms. The van der Waals surface area contributed by atoms with Crippen molar-refractivity contribution >= 4 is 51.2 Å². The largest absolute Gasteiger partial charge is 0.373 e. The van der Waals surface area contributed by atoms with Crippen LogP contribution in [-0.2, 0) is 0 Å². The van der Waals surface area contributed by atoms with Gasteiger partial charge in [0.1, 0.15) is 17.6 Å². The van der Waals surface area contributed by atoms with Gasteiger partial charge in [-0.15, -0.1) is 5.10 Å². The molecule has 1 fully saturated rings. The molecular formula is C33H31Cl2F2N9. The van der Waals surface area contributed by atoms with Crippen LogP contribution in [0.5, 0.6) is 0 Å². The first-order valence-corrected chi connectivity index (χ1v) is 15.5. The third-order valence-corrected chi connectivity index (χ3v) is 8.82. The fraction of sp³-hybridized carbons (Fsp3) is 0.303. The highest BCUT2D eigenvalue weighted by molar-refractivity contribution is 6.36. The van der Waals surface area contributed by atoms with Gasteiger partial charge in [0.05, 0.1) is 45.1 Å². The first kappa shape index (κ1) is 31.6. The molecule has 6 rings (SSSR count). The van der Waals surface area contributed by atoms with Gasteiger partial charge in [-0.1, -0.05) is 34.5 Å². The minimum absolute atomic E-state index is 0.0641. The van der Waals surface area contributed by atoms with Crippen LogP contribution in [0.2, 0.25) is 10.0 Å². The zero-order valence-electron chi connectivity index (χ0n) is 25.4. The molecule has 4 heterocycles. The molecule has 3 aromatic heterocycles. The van der Waals surface area contributed by atoms with Crippen molar-refractivity contribution in [1.29, 1.82) is 5.26 Å².